The van der Waals surface area contributed by atoms with Crippen LogP contribution >= 0.6 is 15.9 Å². The van der Waals surface area contributed by atoms with E-state index in [0.717, 1.165) is 12.0 Å². The number of hydrazine groups is 1. The Morgan fingerprint density at radius 1 is 1.03 bits per heavy atom. The number of rotatable bonds is 12. The van der Waals surface area contributed by atoms with Crippen molar-refractivity contribution in [1.82, 2.24) is 10.4 Å². The van der Waals surface area contributed by atoms with E-state index < -0.39 is 10.0 Å². The molecule has 39 heavy (non-hydrogen) atoms. The number of halogens is 1. The fourth-order valence-corrected chi connectivity index (χ4v) is 5.61. The number of phenols is 1. The van der Waals surface area contributed by atoms with Gasteiger partial charge in [0.1, 0.15) is 5.75 Å². The van der Waals surface area contributed by atoms with Crippen LogP contribution in [-0.2, 0) is 32.5 Å². The summed E-state index contributed by atoms with van der Waals surface area (Å²) in [6.07, 6.45) is 2.10. The SMILES string of the molecule is CC(C)CCc1ccccc1S(=O)(=O)Nc1cccc(C[C@@H](C)CN(NC(=O)CBr)C(=O)CC(C)(C)C)c1O. The molecule has 0 fully saturated rings. The first-order valence-electron chi connectivity index (χ1n) is 13.2. The number of carbonyl (C=O) groups is 2. The zero-order valence-corrected chi connectivity index (χ0v) is 26.2. The van der Waals surface area contributed by atoms with Crippen LogP contribution in [0.4, 0.5) is 5.69 Å². The Morgan fingerprint density at radius 3 is 2.28 bits per heavy atom. The predicted octanol–water partition coefficient (Wildman–Crippen LogP) is 5.65. The summed E-state index contributed by atoms with van der Waals surface area (Å²) in [7, 11) is -3.94. The third kappa shape index (κ3) is 10.5. The van der Waals surface area contributed by atoms with Gasteiger partial charge in [-0.15, -0.1) is 0 Å². The van der Waals surface area contributed by atoms with Crippen LogP contribution in [0.2, 0.25) is 0 Å². The zero-order valence-electron chi connectivity index (χ0n) is 23.8. The van der Waals surface area contributed by atoms with Gasteiger partial charge in [-0.3, -0.25) is 24.7 Å². The van der Waals surface area contributed by atoms with E-state index in [2.05, 4.69) is 39.9 Å². The molecule has 8 nitrogen and oxygen atoms in total. The van der Waals surface area contributed by atoms with Crippen molar-refractivity contribution in [2.75, 3.05) is 16.6 Å². The lowest BCUT2D eigenvalue weighted by Crippen LogP contribution is -2.49. The van der Waals surface area contributed by atoms with Gasteiger partial charge in [-0.05, 0) is 59.8 Å². The largest absolute Gasteiger partial charge is 0.505 e. The molecule has 2 rings (SSSR count). The number of hydrogen-bond donors (Lipinski definition) is 3. The van der Waals surface area contributed by atoms with Crippen molar-refractivity contribution < 1.29 is 23.1 Å². The molecule has 0 aromatic heterocycles. The van der Waals surface area contributed by atoms with Crippen LogP contribution < -0.4 is 10.1 Å². The third-order valence-corrected chi connectivity index (χ3v) is 8.02. The molecule has 0 unspecified atom stereocenters. The highest BCUT2D eigenvalue weighted by molar-refractivity contribution is 9.09. The van der Waals surface area contributed by atoms with Crippen molar-refractivity contribution in [3.05, 3.63) is 53.6 Å². The van der Waals surface area contributed by atoms with E-state index in [0.29, 0.717) is 24.3 Å². The van der Waals surface area contributed by atoms with Crippen molar-refractivity contribution in [3.63, 3.8) is 0 Å². The van der Waals surface area contributed by atoms with Gasteiger partial charge in [0.15, 0.2) is 0 Å². The van der Waals surface area contributed by atoms with E-state index in [1.807, 2.05) is 39.8 Å². The number of para-hydroxylation sites is 1. The summed E-state index contributed by atoms with van der Waals surface area (Å²) in [5, 5.41) is 12.4. The molecule has 2 amide bonds. The van der Waals surface area contributed by atoms with E-state index in [4.69, 9.17) is 0 Å². The third-order valence-electron chi connectivity index (χ3n) is 6.04. The Morgan fingerprint density at radius 2 is 1.67 bits per heavy atom. The Kier molecular flexibility index (Phi) is 11.8. The van der Waals surface area contributed by atoms with E-state index >= 15 is 0 Å². The van der Waals surface area contributed by atoms with Gasteiger partial charge in [-0.1, -0.05) is 87.8 Å². The Bertz CT molecular complexity index is 1240. The maximum Gasteiger partial charge on any atom is 0.262 e. The number of benzene rings is 2. The van der Waals surface area contributed by atoms with Crippen LogP contribution in [0, 0.1) is 17.3 Å². The Hall–Kier alpha value is -2.59. The molecule has 0 saturated carbocycles. The number of aryl methyl sites for hydroxylation is 1. The van der Waals surface area contributed by atoms with Crippen LogP contribution in [-0.4, -0.2) is 42.2 Å². The molecule has 0 aliphatic carbocycles. The summed E-state index contributed by atoms with van der Waals surface area (Å²) < 4.78 is 29.2. The normalized spacial score (nSPS) is 12.7. The standard InChI is InChI=1S/C29H42BrN3O5S/c1-20(2)14-15-22-10-7-8-13-25(22)39(37,38)32-24-12-9-11-23(28(24)36)16-21(3)19-33(31-26(34)18-30)27(35)17-29(4,5)6/h7-13,20-21,32,36H,14-19H2,1-6H3,(H,31,34)/t21-/m1/s1. The second kappa shape index (κ2) is 14.2. The van der Waals surface area contributed by atoms with Crippen LogP contribution in [0.1, 0.15) is 65.5 Å². The molecule has 0 aliphatic heterocycles. The number of alkyl halides is 1. The number of amides is 2. The minimum Gasteiger partial charge on any atom is -0.505 e. The summed E-state index contributed by atoms with van der Waals surface area (Å²) >= 11 is 3.11. The lowest BCUT2D eigenvalue weighted by Gasteiger charge is -2.29. The summed E-state index contributed by atoms with van der Waals surface area (Å²) in [6, 6.07) is 11.8. The molecule has 0 aliphatic rings. The van der Waals surface area contributed by atoms with Gasteiger partial charge in [0, 0.05) is 13.0 Å². The molecule has 216 valence electrons. The number of nitrogens with zero attached hydrogens (tertiary/aromatic N) is 1. The monoisotopic (exact) mass is 623 g/mol. The minimum absolute atomic E-state index is 0.0598. The van der Waals surface area contributed by atoms with Gasteiger partial charge >= 0.3 is 0 Å². The summed E-state index contributed by atoms with van der Waals surface area (Å²) in [6.45, 7) is 12.2. The Labute approximate surface area is 241 Å². The van der Waals surface area contributed by atoms with Crippen molar-refractivity contribution in [2.24, 2.45) is 17.3 Å². The lowest BCUT2D eigenvalue weighted by atomic mass is 9.91. The molecule has 0 heterocycles. The number of aromatic hydroxyl groups is 1. The fourth-order valence-electron chi connectivity index (χ4n) is 4.15. The lowest BCUT2D eigenvalue weighted by molar-refractivity contribution is -0.142. The van der Waals surface area contributed by atoms with Crippen LogP contribution in [0.3, 0.4) is 0 Å². The average Bonchev–Trinajstić information content (AvgIpc) is 2.83. The molecule has 3 N–H and O–H groups in total. The number of carbonyl (C=O) groups excluding carboxylic acids is 2. The second-order valence-electron chi connectivity index (χ2n) is 11.7. The highest BCUT2D eigenvalue weighted by Crippen LogP contribution is 2.32. The van der Waals surface area contributed by atoms with Crippen LogP contribution in [0.25, 0.3) is 0 Å². The van der Waals surface area contributed by atoms with Crippen molar-refractivity contribution >= 4 is 43.5 Å². The zero-order chi connectivity index (χ0) is 29.4. The van der Waals surface area contributed by atoms with E-state index in [9.17, 15) is 23.1 Å². The molecule has 0 saturated heterocycles. The Balaban J connectivity index is 2.22. The van der Waals surface area contributed by atoms with Crippen molar-refractivity contribution in [3.8, 4) is 5.75 Å². The molecule has 0 bridgehead atoms. The van der Waals surface area contributed by atoms with Crippen LogP contribution in [0.5, 0.6) is 5.75 Å². The quantitative estimate of drug-likeness (QED) is 0.160. The first-order chi connectivity index (χ1) is 18.1. The molecular weight excluding hydrogens is 582 g/mol. The highest BCUT2D eigenvalue weighted by Gasteiger charge is 2.25. The van der Waals surface area contributed by atoms with Gasteiger partial charge in [-0.25, -0.2) is 8.42 Å². The summed E-state index contributed by atoms with van der Waals surface area (Å²) in [5.74, 6) is -0.421. The molecule has 2 aromatic rings. The molecular formula is C29H42BrN3O5S. The smallest absolute Gasteiger partial charge is 0.262 e. The number of anilines is 1. The highest BCUT2D eigenvalue weighted by atomic mass is 79.9. The van der Waals surface area contributed by atoms with E-state index in [1.165, 1.54) is 11.1 Å². The predicted molar refractivity (Wildman–Crippen MR) is 159 cm³/mol. The molecule has 1 atom stereocenters. The molecule has 2 aromatic carbocycles. The van der Waals surface area contributed by atoms with Crippen molar-refractivity contribution in [1.29, 1.82) is 0 Å². The second-order valence-corrected chi connectivity index (χ2v) is 13.9. The summed E-state index contributed by atoms with van der Waals surface area (Å²) in [4.78, 5) is 25.1. The molecule has 10 heteroatoms. The maximum atomic E-state index is 13.3. The van der Waals surface area contributed by atoms with Gasteiger partial charge < -0.3 is 5.11 Å². The first-order valence-corrected chi connectivity index (χ1v) is 15.8. The van der Waals surface area contributed by atoms with Gasteiger partial charge in [-0.2, -0.15) is 0 Å². The summed E-state index contributed by atoms with van der Waals surface area (Å²) in [5.41, 5.74) is 3.74. The average molecular weight is 625 g/mol. The van der Waals surface area contributed by atoms with Gasteiger partial charge in [0.05, 0.1) is 15.9 Å². The molecule has 0 radical (unpaired) electrons. The number of nitrogens with one attached hydrogen (secondary N) is 2. The van der Waals surface area contributed by atoms with Crippen LogP contribution in [0.15, 0.2) is 47.4 Å². The fraction of sp³-hybridized carbons (Fsp3) is 0.517. The van der Waals surface area contributed by atoms with Crippen molar-refractivity contribution in [2.45, 2.75) is 72.1 Å². The minimum atomic E-state index is -3.94. The topological polar surface area (TPSA) is 116 Å². The maximum absolute atomic E-state index is 13.3. The number of sulfonamides is 1. The van der Waals surface area contributed by atoms with Gasteiger partial charge in [0.25, 0.3) is 10.0 Å². The van der Waals surface area contributed by atoms with E-state index in [-0.39, 0.29) is 57.8 Å². The van der Waals surface area contributed by atoms with E-state index in [1.54, 1.807) is 24.3 Å². The first kappa shape index (κ1) is 32.6. The number of hydrogen-bond acceptors (Lipinski definition) is 5. The van der Waals surface area contributed by atoms with Gasteiger partial charge in [0.2, 0.25) is 11.8 Å². The number of phenolic OH excluding ortho intramolecular Hbond substituents is 1. The molecule has 0 spiro atoms.